The Morgan fingerprint density at radius 2 is 0.852 bits per heavy atom. The van der Waals surface area contributed by atoms with E-state index < -0.39 is 5.41 Å². The summed E-state index contributed by atoms with van der Waals surface area (Å²) in [6.45, 7) is 0. The highest BCUT2D eigenvalue weighted by molar-refractivity contribution is 6.08. The first-order chi connectivity index (χ1) is 26.8. The molecule has 9 aromatic rings. The molecule has 0 N–H and O–H groups in total. The average molecular weight is 688 g/mol. The molecule has 0 atom stereocenters. The number of hydrogen-bond acceptors (Lipinski definition) is 1. The average Bonchev–Trinajstić information content (AvgIpc) is 3.57. The van der Waals surface area contributed by atoms with Gasteiger partial charge in [-0.2, -0.15) is 0 Å². The third kappa shape index (κ3) is 5.09. The van der Waals surface area contributed by atoms with Crippen molar-refractivity contribution in [2.75, 3.05) is 4.90 Å². The number of para-hydroxylation sites is 1. The summed E-state index contributed by atoms with van der Waals surface area (Å²) in [6, 6.07) is 82.1. The van der Waals surface area contributed by atoms with Gasteiger partial charge < -0.3 is 4.90 Å². The molecule has 0 bridgehead atoms. The van der Waals surface area contributed by atoms with Crippen LogP contribution in [0.1, 0.15) is 22.3 Å². The van der Waals surface area contributed by atoms with Crippen molar-refractivity contribution in [2.24, 2.45) is 0 Å². The predicted octanol–water partition coefficient (Wildman–Crippen LogP) is 14.0. The van der Waals surface area contributed by atoms with Gasteiger partial charge in [0.2, 0.25) is 0 Å². The van der Waals surface area contributed by atoms with Gasteiger partial charge in [0.25, 0.3) is 0 Å². The third-order valence-corrected chi connectivity index (χ3v) is 11.1. The van der Waals surface area contributed by atoms with Crippen molar-refractivity contribution in [1.82, 2.24) is 0 Å². The molecule has 0 saturated carbocycles. The van der Waals surface area contributed by atoms with Crippen LogP contribution < -0.4 is 4.90 Å². The molecule has 0 heterocycles. The Balaban J connectivity index is 1.37. The normalized spacial score (nSPS) is 12.6. The molecule has 0 aliphatic heterocycles. The molecule has 54 heavy (non-hydrogen) atoms. The lowest BCUT2D eigenvalue weighted by Crippen LogP contribution is -2.29. The summed E-state index contributed by atoms with van der Waals surface area (Å²) < 4.78 is 0. The van der Waals surface area contributed by atoms with Crippen molar-refractivity contribution in [3.8, 4) is 33.4 Å². The molecule has 0 unspecified atom stereocenters. The maximum Gasteiger partial charge on any atom is 0.0720 e. The fourth-order valence-corrected chi connectivity index (χ4v) is 8.79. The Kier molecular flexibility index (Phi) is 7.78. The summed E-state index contributed by atoms with van der Waals surface area (Å²) in [7, 11) is 0. The van der Waals surface area contributed by atoms with Gasteiger partial charge in [-0.25, -0.2) is 0 Å². The summed E-state index contributed by atoms with van der Waals surface area (Å²) in [4.78, 5) is 2.47. The van der Waals surface area contributed by atoms with Crippen molar-refractivity contribution >= 4 is 27.8 Å². The van der Waals surface area contributed by atoms with Crippen LogP contribution in [0.4, 0.5) is 17.1 Å². The molecule has 0 fully saturated rings. The van der Waals surface area contributed by atoms with E-state index in [9.17, 15) is 0 Å². The van der Waals surface area contributed by atoms with E-state index in [1.54, 1.807) is 0 Å². The van der Waals surface area contributed by atoms with E-state index in [4.69, 9.17) is 0 Å². The molecule has 0 amide bonds. The first-order valence-corrected chi connectivity index (χ1v) is 18.7. The highest BCUT2D eigenvalue weighted by Crippen LogP contribution is 2.62. The summed E-state index contributed by atoms with van der Waals surface area (Å²) in [5.41, 5.74) is 15.2. The van der Waals surface area contributed by atoms with Crippen LogP contribution in [0.5, 0.6) is 0 Å². The van der Waals surface area contributed by atoms with E-state index in [-0.39, 0.29) is 0 Å². The van der Waals surface area contributed by atoms with Gasteiger partial charge in [0.1, 0.15) is 0 Å². The van der Waals surface area contributed by atoms with Crippen LogP contribution in [0, 0.1) is 0 Å². The Labute approximate surface area is 317 Å². The lowest BCUT2D eigenvalue weighted by molar-refractivity contribution is 0.775. The highest BCUT2D eigenvalue weighted by Gasteiger charge is 2.49. The summed E-state index contributed by atoms with van der Waals surface area (Å²) >= 11 is 0. The van der Waals surface area contributed by atoms with Crippen molar-refractivity contribution in [3.63, 3.8) is 0 Å². The van der Waals surface area contributed by atoms with Crippen LogP contribution in [0.3, 0.4) is 0 Å². The maximum atomic E-state index is 2.47. The van der Waals surface area contributed by atoms with Gasteiger partial charge in [0.05, 0.1) is 11.1 Å². The molecule has 254 valence electrons. The molecule has 1 aliphatic carbocycles. The fourth-order valence-electron chi connectivity index (χ4n) is 8.79. The lowest BCUT2D eigenvalue weighted by Gasteiger charge is -2.35. The minimum atomic E-state index is -0.595. The second kappa shape index (κ2) is 13.2. The van der Waals surface area contributed by atoms with Crippen molar-refractivity contribution in [3.05, 3.63) is 247 Å². The predicted molar refractivity (Wildman–Crippen MR) is 227 cm³/mol. The van der Waals surface area contributed by atoms with Crippen LogP contribution in [0.15, 0.2) is 224 Å². The molecule has 10 rings (SSSR count). The quantitative estimate of drug-likeness (QED) is 0.161. The minimum absolute atomic E-state index is 0.595. The first kappa shape index (κ1) is 31.7. The number of hydrogen-bond donors (Lipinski definition) is 0. The molecule has 9 aromatic carbocycles. The third-order valence-electron chi connectivity index (χ3n) is 11.1. The van der Waals surface area contributed by atoms with E-state index in [0.717, 1.165) is 17.1 Å². The number of rotatable bonds is 7. The van der Waals surface area contributed by atoms with Gasteiger partial charge in [0, 0.05) is 16.9 Å². The molecule has 0 saturated heterocycles. The van der Waals surface area contributed by atoms with E-state index in [0.29, 0.717) is 0 Å². The van der Waals surface area contributed by atoms with E-state index >= 15 is 0 Å². The standard InChI is InChI=1S/C53H37N/c1-6-19-38(20-7-1)40-24-18-31-46(35-40)54(45-29-14-5-15-30-45)50-37-42-23-16-17-32-47(42)52-51(50)48-34-33-41(39-21-8-2-9-22-39)36-49(48)53(52,43-25-10-3-11-26-43)44-27-12-4-13-28-44/h1-37H. The zero-order chi connectivity index (χ0) is 35.9. The van der Waals surface area contributed by atoms with Crippen LogP contribution in [0.25, 0.3) is 44.2 Å². The largest absolute Gasteiger partial charge is 0.310 e. The number of anilines is 3. The second-order valence-electron chi connectivity index (χ2n) is 14.1. The van der Waals surface area contributed by atoms with Crippen molar-refractivity contribution < 1.29 is 0 Å². The first-order valence-electron chi connectivity index (χ1n) is 18.7. The van der Waals surface area contributed by atoms with Crippen LogP contribution in [-0.4, -0.2) is 0 Å². The van der Waals surface area contributed by atoms with Crippen LogP contribution in [-0.2, 0) is 5.41 Å². The smallest absolute Gasteiger partial charge is 0.0720 e. The number of benzene rings is 9. The summed E-state index contributed by atoms with van der Waals surface area (Å²) in [5, 5.41) is 2.46. The maximum absolute atomic E-state index is 2.47. The van der Waals surface area contributed by atoms with E-state index in [1.807, 2.05) is 0 Å². The van der Waals surface area contributed by atoms with Gasteiger partial charge >= 0.3 is 0 Å². The molecular formula is C53H37N. The SMILES string of the molecule is c1ccc(-c2cccc(N(c3ccccc3)c3cc4ccccc4c4c3-c3ccc(-c5ccccc5)cc3C4(c3ccccc3)c3ccccc3)c2)cc1. The summed E-state index contributed by atoms with van der Waals surface area (Å²) in [5.74, 6) is 0. The molecule has 1 aliphatic rings. The van der Waals surface area contributed by atoms with Gasteiger partial charge in [0.15, 0.2) is 0 Å². The zero-order valence-electron chi connectivity index (χ0n) is 29.8. The number of fused-ring (bicyclic) bond motifs is 5. The second-order valence-corrected chi connectivity index (χ2v) is 14.1. The fraction of sp³-hybridized carbons (Fsp3) is 0.0189. The zero-order valence-corrected chi connectivity index (χ0v) is 29.8. The molecule has 0 aromatic heterocycles. The topological polar surface area (TPSA) is 3.24 Å². The minimum Gasteiger partial charge on any atom is -0.310 e. The molecule has 0 spiro atoms. The van der Waals surface area contributed by atoms with Gasteiger partial charge in [-0.15, -0.1) is 0 Å². The highest BCUT2D eigenvalue weighted by atomic mass is 15.1. The van der Waals surface area contributed by atoms with E-state index in [1.165, 1.54) is 66.4 Å². The van der Waals surface area contributed by atoms with Crippen molar-refractivity contribution in [2.45, 2.75) is 5.41 Å². The Morgan fingerprint density at radius 3 is 1.48 bits per heavy atom. The molecular weight excluding hydrogens is 651 g/mol. The molecule has 1 heteroatoms. The van der Waals surface area contributed by atoms with Crippen LogP contribution in [0.2, 0.25) is 0 Å². The van der Waals surface area contributed by atoms with Crippen molar-refractivity contribution in [1.29, 1.82) is 0 Å². The monoisotopic (exact) mass is 687 g/mol. The van der Waals surface area contributed by atoms with Gasteiger partial charge in [-0.1, -0.05) is 188 Å². The number of nitrogens with zero attached hydrogens (tertiary/aromatic N) is 1. The van der Waals surface area contributed by atoms with Crippen LogP contribution >= 0.6 is 0 Å². The Morgan fingerprint density at radius 1 is 0.352 bits per heavy atom. The molecule has 1 nitrogen and oxygen atoms in total. The molecule has 0 radical (unpaired) electrons. The Hall–Kier alpha value is -6.96. The lowest BCUT2D eigenvalue weighted by atomic mass is 9.66. The van der Waals surface area contributed by atoms with E-state index in [2.05, 4.69) is 229 Å². The summed E-state index contributed by atoms with van der Waals surface area (Å²) in [6.07, 6.45) is 0. The Bertz CT molecular complexity index is 2700. The van der Waals surface area contributed by atoms with Gasteiger partial charge in [-0.05, 0) is 97.2 Å². The van der Waals surface area contributed by atoms with Gasteiger partial charge in [-0.3, -0.25) is 0 Å².